The van der Waals surface area contributed by atoms with E-state index in [2.05, 4.69) is 5.32 Å². The highest BCUT2D eigenvalue weighted by atomic mass is 35.5. The Kier molecular flexibility index (Phi) is 11.8. The Labute approximate surface area is 252 Å². The summed E-state index contributed by atoms with van der Waals surface area (Å²) >= 11 is 6.27. The molecule has 0 saturated carbocycles. The van der Waals surface area contributed by atoms with Gasteiger partial charge in [0.05, 0.1) is 17.7 Å². The van der Waals surface area contributed by atoms with Gasteiger partial charge < -0.3 is 15.0 Å². The van der Waals surface area contributed by atoms with Crippen LogP contribution in [-0.2, 0) is 26.2 Å². The molecule has 0 aliphatic rings. The highest BCUT2D eigenvalue weighted by Crippen LogP contribution is 2.35. The average molecular weight is 618 g/mol. The van der Waals surface area contributed by atoms with Gasteiger partial charge in [0, 0.05) is 18.1 Å². The summed E-state index contributed by atoms with van der Waals surface area (Å²) in [5.41, 5.74) is 1.51. The molecule has 1 unspecified atom stereocenters. The van der Waals surface area contributed by atoms with E-state index in [4.69, 9.17) is 16.3 Å². The molecule has 1 N–H and O–H groups in total. The molecule has 0 heterocycles. The van der Waals surface area contributed by atoms with Gasteiger partial charge in [-0.25, -0.2) is 12.8 Å². The van der Waals surface area contributed by atoms with Crippen molar-refractivity contribution in [1.82, 2.24) is 10.2 Å². The van der Waals surface area contributed by atoms with E-state index in [1.165, 1.54) is 60.5 Å². The Bertz CT molecular complexity index is 1470. The maximum Gasteiger partial charge on any atom is 0.264 e. The van der Waals surface area contributed by atoms with E-state index in [0.29, 0.717) is 12.1 Å². The fraction of sp³-hybridized carbons (Fsp3) is 0.355. The highest BCUT2D eigenvalue weighted by Gasteiger charge is 2.34. The molecule has 0 bridgehead atoms. The predicted octanol–water partition coefficient (Wildman–Crippen LogP) is 5.72. The van der Waals surface area contributed by atoms with Gasteiger partial charge in [-0.15, -0.1) is 0 Å². The van der Waals surface area contributed by atoms with Crippen LogP contribution in [0.2, 0.25) is 5.02 Å². The standard InChI is InChI=1S/C31H37ClFN3O5S/c1-5-7-18-34-31(38)27(6-2)35(20-23-10-13-25(33)14-11-23)30(37)21-36(28-19-24(32)12-17-29(28)41-4)42(39,40)26-15-8-22(3)9-16-26/h8-17,19,27H,5-7,18,20-21H2,1-4H3,(H,34,38). The van der Waals surface area contributed by atoms with Gasteiger partial charge in [0.25, 0.3) is 10.0 Å². The lowest BCUT2D eigenvalue weighted by atomic mass is 10.1. The van der Waals surface area contributed by atoms with Crippen molar-refractivity contribution in [3.63, 3.8) is 0 Å². The number of hydrogen-bond acceptors (Lipinski definition) is 5. The number of carbonyl (C=O) groups excluding carboxylic acids is 2. The summed E-state index contributed by atoms with van der Waals surface area (Å²) in [6.45, 7) is 5.37. The average Bonchev–Trinajstić information content (AvgIpc) is 2.97. The number of nitrogens with one attached hydrogen (secondary N) is 1. The van der Waals surface area contributed by atoms with E-state index < -0.39 is 34.3 Å². The fourth-order valence-corrected chi connectivity index (χ4v) is 6.00. The van der Waals surface area contributed by atoms with Gasteiger partial charge in [-0.2, -0.15) is 0 Å². The molecule has 0 aliphatic heterocycles. The number of halogens is 2. The quantitative estimate of drug-likeness (QED) is 0.234. The molecule has 0 fully saturated rings. The smallest absolute Gasteiger partial charge is 0.264 e. The third-order valence-electron chi connectivity index (χ3n) is 6.78. The molecule has 1 atom stereocenters. The minimum Gasteiger partial charge on any atom is -0.495 e. The van der Waals surface area contributed by atoms with Gasteiger partial charge in [0.1, 0.15) is 24.2 Å². The SMILES string of the molecule is CCCCNC(=O)C(CC)N(Cc1ccc(F)cc1)C(=O)CN(c1cc(Cl)ccc1OC)S(=O)(=O)c1ccc(C)cc1. The topological polar surface area (TPSA) is 96.0 Å². The van der Waals surface area contributed by atoms with Crippen LogP contribution in [0.3, 0.4) is 0 Å². The number of nitrogens with zero attached hydrogens (tertiary/aromatic N) is 2. The van der Waals surface area contributed by atoms with Gasteiger partial charge in [0.2, 0.25) is 11.8 Å². The van der Waals surface area contributed by atoms with Crippen LogP contribution in [0.5, 0.6) is 5.75 Å². The summed E-state index contributed by atoms with van der Waals surface area (Å²) in [7, 11) is -2.91. The number of carbonyl (C=O) groups is 2. The van der Waals surface area contributed by atoms with Crippen molar-refractivity contribution in [2.75, 3.05) is 24.5 Å². The van der Waals surface area contributed by atoms with Gasteiger partial charge in [-0.1, -0.05) is 61.7 Å². The Morgan fingerprint density at radius 2 is 1.69 bits per heavy atom. The van der Waals surface area contributed by atoms with E-state index in [0.717, 1.165) is 22.7 Å². The number of methoxy groups -OCH3 is 1. The largest absolute Gasteiger partial charge is 0.495 e. The molecular formula is C31H37ClFN3O5S. The maximum absolute atomic E-state index is 14.1. The third kappa shape index (κ3) is 8.23. The lowest BCUT2D eigenvalue weighted by molar-refractivity contribution is -0.140. The van der Waals surface area contributed by atoms with Gasteiger partial charge >= 0.3 is 0 Å². The summed E-state index contributed by atoms with van der Waals surface area (Å²) < 4.78 is 48.2. The van der Waals surface area contributed by atoms with Crippen LogP contribution in [0.4, 0.5) is 10.1 Å². The normalized spacial score (nSPS) is 12.0. The zero-order chi connectivity index (χ0) is 30.9. The van der Waals surface area contributed by atoms with Gasteiger partial charge in [-0.3, -0.25) is 13.9 Å². The predicted molar refractivity (Wildman–Crippen MR) is 163 cm³/mol. The van der Waals surface area contributed by atoms with Crippen LogP contribution < -0.4 is 14.4 Å². The number of ether oxygens (including phenoxy) is 1. The second-order valence-corrected chi connectivity index (χ2v) is 12.2. The second kappa shape index (κ2) is 15.0. The number of anilines is 1. The fourth-order valence-electron chi connectivity index (χ4n) is 4.42. The molecule has 0 radical (unpaired) electrons. The summed E-state index contributed by atoms with van der Waals surface area (Å²) in [5, 5.41) is 3.12. The number of hydrogen-bond donors (Lipinski definition) is 1. The van der Waals surface area contributed by atoms with E-state index in [-0.39, 0.29) is 40.2 Å². The minimum absolute atomic E-state index is 0.0302. The molecule has 0 aliphatic carbocycles. The van der Waals surface area contributed by atoms with Crippen LogP contribution in [0.15, 0.2) is 71.6 Å². The molecule has 3 aromatic rings. The summed E-state index contributed by atoms with van der Waals surface area (Å²) in [6, 6.07) is 15.4. The second-order valence-electron chi connectivity index (χ2n) is 9.86. The molecule has 3 aromatic carbocycles. The monoisotopic (exact) mass is 617 g/mol. The van der Waals surface area contributed by atoms with Crippen molar-refractivity contribution in [2.45, 2.75) is 57.5 Å². The maximum atomic E-state index is 14.1. The molecule has 2 amide bonds. The van der Waals surface area contributed by atoms with Crippen LogP contribution >= 0.6 is 11.6 Å². The van der Waals surface area contributed by atoms with Crippen molar-refractivity contribution in [3.05, 3.63) is 88.7 Å². The van der Waals surface area contributed by atoms with Crippen molar-refractivity contribution >= 4 is 39.1 Å². The molecule has 226 valence electrons. The van der Waals surface area contributed by atoms with Crippen molar-refractivity contribution in [2.24, 2.45) is 0 Å². The molecule has 11 heteroatoms. The summed E-state index contributed by atoms with van der Waals surface area (Å²) in [6.07, 6.45) is 1.92. The number of aryl methyl sites for hydroxylation is 1. The number of benzene rings is 3. The van der Waals surface area contributed by atoms with Gasteiger partial charge in [0.15, 0.2) is 0 Å². The first-order chi connectivity index (χ1) is 20.0. The lowest BCUT2D eigenvalue weighted by Gasteiger charge is -2.33. The van der Waals surface area contributed by atoms with Crippen LogP contribution in [0.1, 0.15) is 44.2 Å². The number of unbranched alkanes of at least 4 members (excludes halogenated alkanes) is 1. The van der Waals surface area contributed by atoms with Crippen molar-refractivity contribution in [3.8, 4) is 5.75 Å². The molecule has 0 saturated heterocycles. The minimum atomic E-state index is -4.30. The van der Waals surface area contributed by atoms with Gasteiger partial charge in [-0.05, 0) is 67.8 Å². The number of rotatable bonds is 14. The highest BCUT2D eigenvalue weighted by molar-refractivity contribution is 7.92. The molecule has 3 rings (SSSR count). The Morgan fingerprint density at radius 3 is 2.29 bits per heavy atom. The summed E-state index contributed by atoms with van der Waals surface area (Å²) in [5.74, 6) is -1.23. The van der Waals surface area contributed by atoms with Crippen LogP contribution in [-0.4, -0.2) is 51.4 Å². The first kappa shape index (κ1) is 32.9. The van der Waals surface area contributed by atoms with E-state index in [1.54, 1.807) is 25.1 Å². The van der Waals surface area contributed by atoms with Crippen molar-refractivity contribution < 1.29 is 27.1 Å². The molecular weight excluding hydrogens is 581 g/mol. The lowest BCUT2D eigenvalue weighted by Crippen LogP contribution is -2.52. The van der Waals surface area contributed by atoms with E-state index >= 15 is 0 Å². The molecule has 42 heavy (non-hydrogen) atoms. The number of amides is 2. The molecule has 0 spiro atoms. The Balaban J connectivity index is 2.10. The van der Waals surface area contributed by atoms with E-state index in [1.807, 2.05) is 13.8 Å². The van der Waals surface area contributed by atoms with Crippen LogP contribution in [0, 0.1) is 12.7 Å². The third-order valence-corrected chi connectivity index (χ3v) is 8.79. The number of sulfonamides is 1. The zero-order valence-electron chi connectivity index (χ0n) is 24.3. The Morgan fingerprint density at radius 1 is 1.02 bits per heavy atom. The summed E-state index contributed by atoms with van der Waals surface area (Å²) in [4.78, 5) is 28.7. The molecule has 8 nitrogen and oxygen atoms in total. The Hall–Kier alpha value is -3.63. The van der Waals surface area contributed by atoms with Crippen LogP contribution in [0.25, 0.3) is 0 Å². The van der Waals surface area contributed by atoms with E-state index in [9.17, 15) is 22.4 Å². The first-order valence-corrected chi connectivity index (χ1v) is 15.6. The van der Waals surface area contributed by atoms with Crippen molar-refractivity contribution in [1.29, 1.82) is 0 Å². The zero-order valence-corrected chi connectivity index (χ0v) is 25.8. The molecule has 0 aromatic heterocycles. The first-order valence-electron chi connectivity index (χ1n) is 13.8.